The number of anilines is 1. The van der Waals surface area contributed by atoms with E-state index < -0.39 is 6.10 Å². The number of hydrogen-bond donors (Lipinski definition) is 2. The average Bonchev–Trinajstić information content (AvgIpc) is 2.28. The van der Waals surface area contributed by atoms with Crippen LogP contribution in [0.15, 0.2) is 18.2 Å². The summed E-state index contributed by atoms with van der Waals surface area (Å²) in [6.07, 6.45) is -0.522. The molecule has 0 saturated carbocycles. The molecule has 3 N–H and O–H groups in total. The van der Waals surface area contributed by atoms with Crippen molar-refractivity contribution in [3.05, 3.63) is 28.8 Å². The van der Waals surface area contributed by atoms with Crippen molar-refractivity contribution < 1.29 is 9.84 Å². The summed E-state index contributed by atoms with van der Waals surface area (Å²) in [5.41, 5.74) is 7.62. The molecule has 96 valence electrons. The monoisotopic (exact) mass is 258 g/mol. The van der Waals surface area contributed by atoms with Crippen molar-refractivity contribution in [1.82, 2.24) is 0 Å². The van der Waals surface area contributed by atoms with Gasteiger partial charge in [-0.05, 0) is 23.8 Å². The molecule has 1 atom stereocenters. The highest BCUT2D eigenvalue weighted by Gasteiger charge is 2.11. The summed E-state index contributed by atoms with van der Waals surface area (Å²) in [6, 6.07) is 5.56. The molecule has 0 bridgehead atoms. The van der Waals surface area contributed by atoms with Gasteiger partial charge in [-0.25, -0.2) is 0 Å². The van der Waals surface area contributed by atoms with Crippen LogP contribution in [0.3, 0.4) is 0 Å². The Labute approximate surface area is 107 Å². The van der Waals surface area contributed by atoms with E-state index in [2.05, 4.69) is 0 Å². The van der Waals surface area contributed by atoms with Gasteiger partial charge in [0.05, 0.1) is 12.7 Å². The predicted molar refractivity (Wildman–Crippen MR) is 70.5 cm³/mol. The Bertz CT molecular complexity index is 360. The second kappa shape index (κ2) is 6.81. The Hall–Kier alpha value is -0.810. The van der Waals surface area contributed by atoms with Gasteiger partial charge >= 0.3 is 0 Å². The molecular formula is C12H19ClN2O2. The maximum atomic E-state index is 9.68. The number of rotatable bonds is 6. The molecule has 0 amide bonds. The van der Waals surface area contributed by atoms with Crippen LogP contribution in [0, 0.1) is 0 Å². The Kier molecular flexibility index (Phi) is 5.71. The number of nitrogens with two attached hydrogens (primary N) is 1. The molecule has 0 radical (unpaired) electrons. The van der Waals surface area contributed by atoms with Crippen LogP contribution in [0.1, 0.15) is 5.56 Å². The number of aliphatic hydroxyl groups is 1. The van der Waals surface area contributed by atoms with E-state index in [0.29, 0.717) is 24.7 Å². The molecule has 17 heavy (non-hydrogen) atoms. The van der Waals surface area contributed by atoms with Gasteiger partial charge in [-0.3, -0.25) is 0 Å². The number of halogens is 1. The summed E-state index contributed by atoms with van der Waals surface area (Å²) in [6.45, 7) is 1.22. The van der Waals surface area contributed by atoms with E-state index in [4.69, 9.17) is 22.1 Å². The van der Waals surface area contributed by atoms with Crippen molar-refractivity contribution in [1.29, 1.82) is 0 Å². The third-order valence-electron chi connectivity index (χ3n) is 2.52. The number of hydrogen-bond acceptors (Lipinski definition) is 4. The SMILES string of the molecule is COCC(O)CN(C)c1ccc(Cl)cc1CN. The molecule has 0 spiro atoms. The van der Waals surface area contributed by atoms with E-state index in [9.17, 15) is 5.11 Å². The summed E-state index contributed by atoms with van der Waals surface area (Å²) >= 11 is 5.91. The van der Waals surface area contributed by atoms with Gasteiger partial charge in [0, 0.05) is 38.0 Å². The molecular weight excluding hydrogens is 240 g/mol. The highest BCUT2D eigenvalue weighted by molar-refractivity contribution is 6.30. The van der Waals surface area contributed by atoms with E-state index in [1.165, 1.54) is 0 Å². The molecule has 0 aliphatic heterocycles. The van der Waals surface area contributed by atoms with E-state index in [1.54, 1.807) is 7.11 Å². The largest absolute Gasteiger partial charge is 0.389 e. The molecule has 5 heteroatoms. The first kappa shape index (κ1) is 14.3. The summed E-state index contributed by atoms with van der Waals surface area (Å²) in [4.78, 5) is 1.95. The van der Waals surface area contributed by atoms with Crippen molar-refractivity contribution >= 4 is 17.3 Å². The lowest BCUT2D eigenvalue weighted by atomic mass is 10.1. The van der Waals surface area contributed by atoms with Gasteiger partial charge in [-0.1, -0.05) is 11.6 Å². The predicted octanol–water partition coefficient (Wildman–Crippen LogP) is 1.24. The second-order valence-electron chi connectivity index (χ2n) is 3.97. The van der Waals surface area contributed by atoms with Gasteiger partial charge < -0.3 is 20.5 Å². The van der Waals surface area contributed by atoms with Gasteiger partial charge in [0.15, 0.2) is 0 Å². The molecule has 0 saturated heterocycles. The van der Waals surface area contributed by atoms with Crippen molar-refractivity contribution in [3.8, 4) is 0 Å². The number of likely N-dealkylation sites (N-methyl/N-ethyl adjacent to an activating group) is 1. The number of nitrogens with zero attached hydrogens (tertiary/aromatic N) is 1. The molecule has 0 heterocycles. The van der Waals surface area contributed by atoms with Crippen LogP contribution in [0.4, 0.5) is 5.69 Å². The van der Waals surface area contributed by atoms with Gasteiger partial charge in [-0.15, -0.1) is 0 Å². The van der Waals surface area contributed by atoms with Crippen LogP contribution in [0.5, 0.6) is 0 Å². The van der Waals surface area contributed by atoms with Crippen molar-refractivity contribution in [2.24, 2.45) is 5.73 Å². The van der Waals surface area contributed by atoms with Crippen LogP contribution >= 0.6 is 11.6 Å². The van der Waals surface area contributed by atoms with E-state index in [-0.39, 0.29) is 0 Å². The first-order chi connectivity index (χ1) is 8.08. The van der Waals surface area contributed by atoms with Crippen molar-refractivity contribution in [2.45, 2.75) is 12.6 Å². The number of aliphatic hydroxyl groups excluding tert-OH is 1. The number of ether oxygens (including phenoxy) is 1. The minimum atomic E-state index is -0.522. The van der Waals surface area contributed by atoms with Crippen molar-refractivity contribution in [3.63, 3.8) is 0 Å². The minimum absolute atomic E-state index is 0.315. The first-order valence-corrected chi connectivity index (χ1v) is 5.83. The summed E-state index contributed by atoms with van der Waals surface area (Å²) in [5.74, 6) is 0. The maximum Gasteiger partial charge on any atom is 0.0947 e. The topological polar surface area (TPSA) is 58.7 Å². The van der Waals surface area contributed by atoms with E-state index in [1.807, 2.05) is 30.1 Å². The molecule has 0 fully saturated rings. The zero-order valence-electron chi connectivity index (χ0n) is 10.2. The lowest BCUT2D eigenvalue weighted by Crippen LogP contribution is -2.32. The molecule has 1 aromatic rings. The fourth-order valence-electron chi connectivity index (χ4n) is 1.75. The fourth-order valence-corrected chi connectivity index (χ4v) is 1.94. The quantitative estimate of drug-likeness (QED) is 0.806. The summed E-state index contributed by atoms with van der Waals surface area (Å²) < 4.78 is 4.89. The fraction of sp³-hybridized carbons (Fsp3) is 0.500. The van der Waals surface area contributed by atoms with Gasteiger partial charge in [0.1, 0.15) is 0 Å². The zero-order chi connectivity index (χ0) is 12.8. The van der Waals surface area contributed by atoms with Crippen LogP contribution in [0.2, 0.25) is 5.02 Å². The van der Waals surface area contributed by atoms with Gasteiger partial charge in [0.2, 0.25) is 0 Å². The van der Waals surface area contributed by atoms with Gasteiger partial charge in [0.25, 0.3) is 0 Å². The van der Waals surface area contributed by atoms with Crippen molar-refractivity contribution in [2.75, 3.05) is 32.2 Å². The third-order valence-corrected chi connectivity index (χ3v) is 2.75. The number of benzene rings is 1. The molecule has 1 unspecified atom stereocenters. The smallest absolute Gasteiger partial charge is 0.0947 e. The van der Waals surface area contributed by atoms with Crippen LogP contribution < -0.4 is 10.6 Å². The minimum Gasteiger partial charge on any atom is -0.389 e. The Morgan fingerprint density at radius 3 is 2.82 bits per heavy atom. The summed E-state index contributed by atoms with van der Waals surface area (Å²) in [7, 11) is 3.47. The zero-order valence-corrected chi connectivity index (χ0v) is 10.9. The Morgan fingerprint density at radius 1 is 1.53 bits per heavy atom. The molecule has 0 aliphatic rings. The van der Waals surface area contributed by atoms with E-state index >= 15 is 0 Å². The molecule has 4 nitrogen and oxygen atoms in total. The molecule has 1 aromatic carbocycles. The highest BCUT2D eigenvalue weighted by Crippen LogP contribution is 2.23. The lowest BCUT2D eigenvalue weighted by molar-refractivity contribution is 0.0695. The molecule has 0 aliphatic carbocycles. The third kappa shape index (κ3) is 4.16. The van der Waals surface area contributed by atoms with Crippen LogP contribution in [0.25, 0.3) is 0 Å². The number of methoxy groups -OCH3 is 1. The molecule has 0 aromatic heterocycles. The molecule has 1 rings (SSSR count). The highest BCUT2D eigenvalue weighted by atomic mass is 35.5. The second-order valence-corrected chi connectivity index (χ2v) is 4.40. The Morgan fingerprint density at radius 2 is 2.24 bits per heavy atom. The lowest BCUT2D eigenvalue weighted by Gasteiger charge is -2.24. The normalized spacial score (nSPS) is 12.5. The maximum absolute atomic E-state index is 9.68. The Balaban J connectivity index is 2.77. The van der Waals surface area contributed by atoms with Gasteiger partial charge in [-0.2, -0.15) is 0 Å². The van der Waals surface area contributed by atoms with E-state index in [0.717, 1.165) is 11.3 Å². The van der Waals surface area contributed by atoms with Crippen LogP contribution in [-0.4, -0.2) is 38.5 Å². The van der Waals surface area contributed by atoms with Crippen LogP contribution in [-0.2, 0) is 11.3 Å². The first-order valence-electron chi connectivity index (χ1n) is 5.45. The average molecular weight is 259 g/mol. The summed E-state index contributed by atoms with van der Waals surface area (Å²) in [5, 5.41) is 10.3. The standard InChI is InChI=1S/C12H19ClN2O2/c1-15(7-11(16)8-17-2)12-4-3-10(13)5-9(12)6-14/h3-5,11,16H,6-8,14H2,1-2H3.